The molecule has 6 nitrogen and oxygen atoms in total. The fourth-order valence-corrected chi connectivity index (χ4v) is 4.06. The Balaban J connectivity index is 0.00000256. The average molecular weight is 536 g/mol. The number of rotatable bonds is 5. The molecular weight excluding hydrogens is 511 g/mol. The van der Waals surface area contributed by atoms with Crippen LogP contribution in [-0.4, -0.2) is 37.2 Å². The maximum absolute atomic E-state index is 5.98. The molecule has 1 unspecified atom stereocenters. The number of aliphatic imine (C=N–C) groups is 1. The van der Waals surface area contributed by atoms with Crippen LogP contribution in [0.15, 0.2) is 59.6 Å². The summed E-state index contributed by atoms with van der Waals surface area (Å²) in [7, 11) is 1.76. The lowest BCUT2D eigenvalue weighted by Gasteiger charge is -2.27. The molecule has 0 spiro atoms. The van der Waals surface area contributed by atoms with Crippen molar-refractivity contribution in [3.8, 4) is 22.1 Å². The van der Waals surface area contributed by atoms with Crippen molar-refractivity contribution in [1.29, 1.82) is 0 Å². The number of nitrogens with zero attached hydrogens (tertiary/aromatic N) is 2. The smallest absolute Gasteiger partial charge is 0.191 e. The fourth-order valence-electron chi connectivity index (χ4n) is 3.06. The second kappa shape index (κ2) is 10.6. The number of para-hydroxylation sites is 2. The van der Waals surface area contributed by atoms with Gasteiger partial charge in [0.05, 0.1) is 18.8 Å². The molecule has 8 heteroatoms. The summed E-state index contributed by atoms with van der Waals surface area (Å²) in [5, 5.41) is 7.72. The molecule has 30 heavy (non-hydrogen) atoms. The van der Waals surface area contributed by atoms with Gasteiger partial charge in [-0.2, -0.15) is 0 Å². The minimum Gasteiger partial charge on any atom is -0.486 e. The van der Waals surface area contributed by atoms with Crippen LogP contribution >= 0.6 is 35.3 Å². The molecule has 0 aliphatic carbocycles. The highest BCUT2D eigenvalue weighted by molar-refractivity contribution is 14.0. The molecule has 0 bridgehead atoms. The van der Waals surface area contributed by atoms with Gasteiger partial charge in [0.15, 0.2) is 17.5 Å². The van der Waals surface area contributed by atoms with Gasteiger partial charge in [-0.05, 0) is 19.1 Å². The van der Waals surface area contributed by atoms with E-state index >= 15 is 0 Å². The van der Waals surface area contributed by atoms with E-state index in [1.165, 1.54) is 4.88 Å². The van der Waals surface area contributed by atoms with Gasteiger partial charge in [-0.1, -0.05) is 42.5 Å². The van der Waals surface area contributed by atoms with Crippen LogP contribution in [-0.2, 0) is 6.54 Å². The van der Waals surface area contributed by atoms with Gasteiger partial charge in [-0.15, -0.1) is 35.3 Å². The number of aryl methyl sites for hydroxylation is 1. The van der Waals surface area contributed by atoms with Crippen molar-refractivity contribution in [3.63, 3.8) is 0 Å². The van der Waals surface area contributed by atoms with Gasteiger partial charge < -0.3 is 20.1 Å². The average Bonchev–Trinajstić information content (AvgIpc) is 3.15. The Hall–Kier alpha value is -2.33. The van der Waals surface area contributed by atoms with Gasteiger partial charge in [0.25, 0.3) is 0 Å². The Morgan fingerprint density at radius 3 is 2.60 bits per heavy atom. The number of nitrogens with one attached hydrogen (secondary N) is 2. The number of guanidine groups is 1. The molecule has 1 aromatic heterocycles. The number of thiazole rings is 1. The van der Waals surface area contributed by atoms with Crippen molar-refractivity contribution in [2.45, 2.75) is 19.6 Å². The minimum absolute atomic E-state index is 0. The molecule has 0 amide bonds. The molecule has 0 saturated heterocycles. The first-order valence-electron chi connectivity index (χ1n) is 9.57. The molecule has 0 radical (unpaired) electrons. The van der Waals surface area contributed by atoms with Crippen molar-refractivity contribution in [1.82, 2.24) is 15.6 Å². The highest BCUT2D eigenvalue weighted by Gasteiger charge is 2.20. The number of hydrogen-bond acceptors (Lipinski definition) is 5. The monoisotopic (exact) mass is 536 g/mol. The Morgan fingerprint density at radius 1 is 1.10 bits per heavy atom. The van der Waals surface area contributed by atoms with Gasteiger partial charge in [0.1, 0.15) is 17.7 Å². The maximum Gasteiger partial charge on any atom is 0.191 e. The second-order valence-corrected chi connectivity index (χ2v) is 7.78. The fraction of sp³-hybridized carbons (Fsp3) is 0.273. The third kappa shape index (κ3) is 5.42. The van der Waals surface area contributed by atoms with Gasteiger partial charge in [0.2, 0.25) is 0 Å². The summed E-state index contributed by atoms with van der Waals surface area (Å²) in [6.07, 6.45) is -0.0710. The van der Waals surface area contributed by atoms with Gasteiger partial charge in [-0.25, -0.2) is 4.98 Å². The highest BCUT2D eigenvalue weighted by Crippen LogP contribution is 2.30. The predicted octanol–water partition coefficient (Wildman–Crippen LogP) is 4.24. The van der Waals surface area contributed by atoms with Gasteiger partial charge >= 0.3 is 0 Å². The first-order chi connectivity index (χ1) is 14.2. The summed E-state index contributed by atoms with van der Waals surface area (Å²) < 4.78 is 11.7. The predicted molar refractivity (Wildman–Crippen MR) is 132 cm³/mol. The highest BCUT2D eigenvalue weighted by atomic mass is 127. The topological polar surface area (TPSA) is 67.8 Å². The number of hydrogen-bond donors (Lipinski definition) is 2. The first-order valence-corrected chi connectivity index (χ1v) is 10.4. The Morgan fingerprint density at radius 2 is 1.83 bits per heavy atom. The molecule has 1 aliphatic rings. The zero-order chi connectivity index (χ0) is 20.1. The van der Waals surface area contributed by atoms with Gasteiger partial charge in [0, 0.05) is 17.5 Å². The van der Waals surface area contributed by atoms with E-state index in [1.807, 2.05) is 49.4 Å². The van der Waals surface area contributed by atoms with E-state index < -0.39 is 0 Å². The molecule has 0 saturated carbocycles. The summed E-state index contributed by atoms with van der Waals surface area (Å²) >= 11 is 1.70. The van der Waals surface area contributed by atoms with E-state index in [9.17, 15) is 0 Å². The molecule has 2 heterocycles. The lowest BCUT2D eigenvalue weighted by molar-refractivity contribution is 0.0936. The van der Waals surface area contributed by atoms with Crippen molar-refractivity contribution in [3.05, 3.63) is 65.2 Å². The quantitative estimate of drug-likeness (QED) is 0.290. The zero-order valence-corrected chi connectivity index (χ0v) is 20.1. The molecule has 4 rings (SSSR count). The van der Waals surface area contributed by atoms with Crippen molar-refractivity contribution >= 4 is 41.3 Å². The van der Waals surface area contributed by atoms with Gasteiger partial charge in [-0.3, -0.25) is 4.99 Å². The zero-order valence-electron chi connectivity index (χ0n) is 16.9. The summed E-state index contributed by atoms with van der Waals surface area (Å²) in [5.74, 6) is 2.30. The lowest BCUT2D eigenvalue weighted by Crippen LogP contribution is -2.45. The van der Waals surface area contributed by atoms with Crippen LogP contribution in [0, 0.1) is 6.92 Å². The van der Waals surface area contributed by atoms with Crippen molar-refractivity contribution in [2.24, 2.45) is 4.99 Å². The van der Waals surface area contributed by atoms with Crippen LogP contribution in [0.4, 0.5) is 0 Å². The van der Waals surface area contributed by atoms with Crippen LogP contribution in [0.25, 0.3) is 10.6 Å². The maximum atomic E-state index is 5.98. The molecule has 2 aromatic carbocycles. The summed E-state index contributed by atoms with van der Waals surface area (Å²) in [6, 6.07) is 18.0. The normalized spacial score (nSPS) is 15.3. The number of benzene rings is 2. The summed E-state index contributed by atoms with van der Waals surface area (Å²) in [5.41, 5.74) is 2.18. The third-order valence-electron chi connectivity index (χ3n) is 4.62. The Labute approximate surface area is 197 Å². The lowest BCUT2D eigenvalue weighted by atomic mass is 10.2. The molecule has 1 atom stereocenters. The third-order valence-corrected chi connectivity index (χ3v) is 5.82. The Kier molecular flexibility index (Phi) is 7.92. The second-order valence-electron chi connectivity index (χ2n) is 6.70. The number of aromatic nitrogens is 1. The minimum atomic E-state index is -0.0710. The van der Waals surface area contributed by atoms with Crippen LogP contribution in [0.5, 0.6) is 11.5 Å². The van der Waals surface area contributed by atoms with E-state index in [0.717, 1.165) is 33.7 Å². The van der Waals surface area contributed by atoms with E-state index in [-0.39, 0.29) is 30.1 Å². The standard InChI is InChI=1S/C22H24N4O2S.HI/c1-15-20(29-21(26-15)16-8-4-3-5-9-16)13-25-22(23-2)24-12-17-14-27-18-10-6-7-11-19(18)28-17;/h3-11,17H,12-14H2,1-2H3,(H2,23,24,25);1H. The first kappa shape index (κ1) is 22.4. The van der Waals surface area contributed by atoms with Crippen LogP contribution < -0.4 is 20.1 Å². The largest absolute Gasteiger partial charge is 0.486 e. The summed E-state index contributed by atoms with van der Waals surface area (Å²) in [6.45, 7) is 3.82. The molecule has 1 aliphatic heterocycles. The molecule has 158 valence electrons. The van der Waals surface area contributed by atoms with E-state index in [2.05, 4.69) is 27.8 Å². The van der Waals surface area contributed by atoms with Crippen LogP contribution in [0.1, 0.15) is 10.6 Å². The van der Waals surface area contributed by atoms with E-state index in [1.54, 1.807) is 18.4 Å². The van der Waals surface area contributed by atoms with Crippen molar-refractivity contribution < 1.29 is 9.47 Å². The Bertz CT molecular complexity index is 994. The van der Waals surface area contributed by atoms with Crippen LogP contribution in [0.3, 0.4) is 0 Å². The van der Waals surface area contributed by atoms with Crippen LogP contribution in [0.2, 0.25) is 0 Å². The number of halogens is 1. The number of fused-ring (bicyclic) bond motifs is 1. The SMILES string of the molecule is CN=C(NCc1sc(-c2ccccc2)nc1C)NCC1COc2ccccc2O1.I. The summed E-state index contributed by atoms with van der Waals surface area (Å²) in [4.78, 5) is 10.2. The van der Waals surface area contributed by atoms with E-state index in [4.69, 9.17) is 14.5 Å². The number of ether oxygens (including phenoxy) is 2. The van der Waals surface area contributed by atoms with Crippen molar-refractivity contribution in [2.75, 3.05) is 20.2 Å². The molecular formula is C22H25IN4O2S. The molecule has 2 N–H and O–H groups in total. The molecule has 3 aromatic rings. The van der Waals surface area contributed by atoms with E-state index in [0.29, 0.717) is 19.7 Å². The molecule has 0 fully saturated rings.